The smallest absolute Gasteiger partial charge is 0.329 e. The molecule has 0 spiro atoms. The van der Waals surface area contributed by atoms with Crippen molar-refractivity contribution in [1.29, 1.82) is 0 Å². The Balaban J connectivity index is 2.57. The van der Waals surface area contributed by atoms with Gasteiger partial charge < -0.3 is 14.3 Å². The van der Waals surface area contributed by atoms with E-state index in [2.05, 4.69) is 15.9 Å². The number of quaternary nitrogens is 1. The Morgan fingerprint density at radius 1 is 1.33 bits per heavy atom. The zero-order valence-electron chi connectivity index (χ0n) is 16.0. The summed E-state index contributed by atoms with van der Waals surface area (Å²) >= 11 is 1.36. The monoisotopic (exact) mass is 417 g/mol. The van der Waals surface area contributed by atoms with E-state index >= 15 is 0 Å². The van der Waals surface area contributed by atoms with E-state index < -0.39 is 7.82 Å². The highest BCUT2D eigenvalue weighted by atomic mass is 32.2. The van der Waals surface area contributed by atoms with Crippen LogP contribution in [-0.4, -0.2) is 90.4 Å². The van der Waals surface area contributed by atoms with Crippen LogP contribution in [-0.2, 0) is 13.6 Å². The summed E-state index contributed by atoms with van der Waals surface area (Å²) in [4.78, 5) is 31.6. The minimum Gasteiger partial charge on any atom is -0.329 e. The van der Waals surface area contributed by atoms with Gasteiger partial charge in [-0.15, -0.1) is 6.42 Å². The zero-order valence-corrected chi connectivity index (χ0v) is 17.7. The summed E-state index contributed by atoms with van der Waals surface area (Å²) in [5.74, 6) is 1.99. The van der Waals surface area contributed by atoms with Crippen molar-refractivity contribution in [3.8, 4) is 12.3 Å². The minimum absolute atomic E-state index is 0.0184. The summed E-state index contributed by atoms with van der Waals surface area (Å²) in [6, 6.07) is 0. The Kier molecular flexibility index (Phi) is 9.39. The molecule has 1 rings (SSSR count). The highest BCUT2D eigenvalue weighted by molar-refractivity contribution is 7.98. The van der Waals surface area contributed by atoms with Crippen LogP contribution in [0.15, 0.2) is 17.6 Å². The lowest BCUT2D eigenvalue weighted by atomic mass is 10.3. The first-order chi connectivity index (χ1) is 12.6. The predicted molar refractivity (Wildman–Crippen MR) is 103 cm³/mol. The molecule has 9 nitrogen and oxygen atoms in total. The quantitative estimate of drug-likeness (QED) is 0.188. The number of phosphoric acid groups is 1. The third-order valence-electron chi connectivity index (χ3n) is 3.26. The van der Waals surface area contributed by atoms with Gasteiger partial charge in [0.25, 0.3) is 5.91 Å². The fraction of sp³-hybridized carbons (Fsp3) is 0.562. The van der Waals surface area contributed by atoms with Crippen molar-refractivity contribution in [2.45, 2.75) is 5.16 Å². The lowest BCUT2D eigenvalue weighted by Gasteiger charge is -2.24. The number of terminal acetylenes is 1. The van der Waals surface area contributed by atoms with E-state index in [-0.39, 0.29) is 37.8 Å². The second-order valence-electron chi connectivity index (χ2n) is 6.54. The van der Waals surface area contributed by atoms with Gasteiger partial charge in [0.1, 0.15) is 13.2 Å². The SMILES string of the molecule is C#CCN(CCOP(=O)(O)OCC[N+](C)(C)C)C(=O)c1cnc(SC)nc1. The lowest BCUT2D eigenvalue weighted by molar-refractivity contribution is -0.870. The molecule has 0 saturated carbocycles. The number of hydrogen-bond donors (Lipinski definition) is 1. The summed E-state index contributed by atoms with van der Waals surface area (Å²) in [6.45, 7) is 0.460. The van der Waals surface area contributed by atoms with E-state index in [4.69, 9.17) is 15.5 Å². The van der Waals surface area contributed by atoms with E-state index in [0.29, 0.717) is 16.2 Å². The van der Waals surface area contributed by atoms with Crippen LogP contribution in [0.25, 0.3) is 0 Å². The Labute approximate surface area is 164 Å². The average molecular weight is 417 g/mol. The number of aromatic nitrogens is 2. The van der Waals surface area contributed by atoms with Crippen LogP contribution >= 0.6 is 19.6 Å². The summed E-state index contributed by atoms with van der Waals surface area (Å²) in [6.07, 6.45) is 9.96. The molecule has 0 aliphatic carbocycles. The van der Waals surface area contributed by atoms with E-state index in [9.17, 15) is 14.3 Å². The maximum Gasteiger partial charge on any atom is 0.472 e. The molecule has 0 aliphatic rings. The molecular formula is C16H26N4O5PS+. The number of carbonyl (C=O) groups excluding carboxylic acids is 1. The molecule has 27 heavy (non-hydrogen) atoms. The zero-order chi connectivity index (χ0) is 20.5. The summed E-state index contributed by atoms with van der Waals surface area (Å²) in [5, 5.41) is 0.547. The number of phosphoric ester groups is 1. The van der Waals surface area contributed by atoms with Gasteiger partial charge in [0.2, 0.25) is 0 Å². The Morgan fingerprint density at radius 3 is 2.44 bits per heavy atom. The fourth-order valence-electron chi connectivity index (χ4n) is 1.81. The number of thioether (sulfide) groups is 1. The number of likely N-dealkylation sites (N-methyl/N-ethyl adjacent to an activating group) is 1. The fourth-order valence-corrected chi connectivity index (χ4v) is 2.83. The second kappa shape index (κ2) is 10.8. The molecule has 1 amide bonds. The van der Waals surface area contributed by atoms with E-state index in [1.54, 1.807) is 0 Å². The van der Waals surface area contributed by atoms with Crippen molar-refractivity contribution in [3.63, 3.8) is 0 Å². The van der Waals surface area contributed by atoms with Gasteiger partial charge in [0.05, 0.1) is 39.9 Å². The third kappa shape index (κ3) is 9.33. The van der Waals surface area contributed by atoms with Crippen LogP contribution in [0.5, 0.6) is 0 Å². The maximum absolute atomic E-state index is 12.5. The number of hydrogen-bond acceptors (Lipinski definition) is 7. The highest BCUT2D eigenvalue weighted by Crippen LogP contribution is 2.42. The van der Waals surface area contributed by atoms with Crippen LogP contribution in [0.3, 0.4) is 0 Å². The number of amides is 1. The van der Waals surface area contributed by atoms with Crippen LogP contribution < -0.4 is 0 Å². The minimum atomic E-state index is -4.19. The van der Waals surface area contributed by atoms with Crippen molar-refractivity contribution in [2.75, 3.05) is 60.2 Å². The van der Waals surface area contributed by atoms with Crippen LogP contribution in [0.1, 0.15) is 10.4 Å². The van der Waals surface area contributed by atoms with Gasteiger partial charge in [-0.2, -0.15) is 0 Å². The molecule has 1 aromatic rings. The predicted octanol–water partition coefficient (Wildman–Crippen LogP) is 1.11. The molecule has 0 fully saturated rings. The molecule has 0 radical (unpaired) electrons. The van der Waals surface area contributed by atoms with Crippen molar-refractivity contribution in [3.05, 3.63) is 18.0 Å². The first-order valence-corrected chi connectivity index (χ1v) is 10.8. The van der Waals surface area contributed by atoms with Crippen molar-refractivity contribution < 1.29 is 27.8 Å². The van der Waals surface area contributed by atoms with E-state index in [1.807, 2.05) is 27.4 Å². The number of rotatable bonds is 11. The van der Waals surface area contributed by atoms with Gasteiger partial charge in [0.15, 0.2) is 5.16 Å². The average Bonchev–Trinajstić information content (AvgIpc) is 2.59. The molecule has 150 valence electrons. The normalized spacial score (nSPS) is 13.6. The topological polar surface area (TPSA) is 102 Å². The van der Waals surface area contributed by atoms with Gasteiger partial charge in [0, 0.05) is 18.9 Å². The number of nitrogens with zero attached hydrogens (tertiary/aromatic N) is 4. The standard InChI is InChI=1S/C16H25N4O5PS/c1-6-7-19(15(21)14-12-17-16(27-5)18-13-14)8-10-24-26(22,23)25-11-9-20(2,3)4/h1,12-13H,7-11H2,2-5H3/p+1. The van der Waals surface area contributed by atoms with E-state index in [0.717, 1.165) is 0 Å². The van der Waals surface area contributed by atoms with Gasteiger partial charge in [-0.3, -0.25) is 13.8 Å². The molecule has 1 unspecified atom stereocenters. The molecule has 0 bridgehead atoms. The van der Waals surface area contributed by atoms with Gasteiger partial charge in [-0.1, -0.05) is 17.7 Å². The molecule has 1 atom stereocenters. The molecule has 1 heterocycles. The summed E-state index contributed by atoms with van der Waals surface area (Å²) < 4.78 is 22.3. The molecule has 1 aromatic heterocycles. The number of carbonyl (C=O) groups is 1. The summed E-state index contributed by atoms with van der Waals surface area (Å²) in [5.41, 5.74) is 0.273. The third-order valence-corrected chi connectivity index (χ3v) is 4.85. The van der Waals surface area contributed by atoms with E-state index in [1.165, 1.54) is 29.1 Å². The lowest BCUT2D eigenvalue weighted by Crippen LogP contribution is -2.37. The molecule has 11 heteroatoms. The van der Waals surface area contributed by atoms with Crippen molar-refractivity contribution in [2.24, 2.45) is 0 Å². The van der Waals surface area contributed by atoms with Crippen molar-refractivity contribution in [1.82, 2.24) is 14.9 Å². The van der Waals surface area contributed by atoms with Gasteiger partial charge >= 0.3 is 7.82 Å². The van der Waals surface area contributed by atoms with Gasteiger partial charge in [-0.05, 0) is 6.26 Å². The van der Waals surface area contributed by atoms with Crippen LogP contribution in [0.4, 0.5) is 0 Å². The second-order valence-corrected chi connectivity index (χ2v) is 8.77. The Hall–Kier alpha value is -1.47. The summed E-state index contributed by atoms with van der Waals surface area (Å²) in [7, 11) is 1.61. The first-order valence-electron chi connectivity index (χ1n) is 8.09. The first kappa shape index (κ1) is 23.6. The highest BCUT2D eigenvalue weighted by Gasteiger charge is 2.24. The maximum atomic E-state index is 12.5. The molecular weight excluding hydrogens is 391 g/mol. The molecule has 0 aromatic carbocycles. The van der Waals surface area contributed by atoms with Crippen LogP contribution in [0.2, 0.25) is 0 Å². The Bertz CT molecular complexity index is 702. The molecule has 0 aliphatic heterocycles. The largest absolute Gasteiger partial charge is 0.472 e. The Morgan fingerprint density at radius 2 is 1.93 bits per heavy atom. The van der Waals surface area contributed by atoms with Crippen LogP contribution in [0, 0.1) is 12.3 Å². The van der Waals surface area contributed by atoms with Crippen molar-refractivity contribution >= 4 is 25.5 Å². The molecule has 0 saturated heterocycles. The molecule has 1 N–H and O–H groups in total. The van der Waals surface area contributed by atoms with Gasteiger partial charge in [-0.25, -0.2) is 14.5 Å².